The highest BCUT2D eigenvalue weighted by molar-refractivity contribution is 8.07. The van der Waals surface area contributed by atoms with Gasteiger partial charge in [-0.2, -0.15) is 11.8 Å². The van der Waals surface area contributed by atoms with Gasteiger partial charge in [0.2, 0.25) is 0 Å². The van der Waals surface area contributed by atoms with Crippen molar-refractivity contribution in [3.63, 3.8) is 0 Å². The molecule has 5 aliphatic rings. The van der Waals surface area contributed by atoms with Gasteiger partial charge in [0.15, 0.2) is 0 Å². The van der Waals surface area contributed by atoms with Gasteiger partial charge in [-0.05, 0) is 86.4 Å². The molecule has 4 aliphatic carbocycles. The molecule has 3 fully saturated rings. The number of thioether (sulfide) groups is 1. The monoisotopic (exact) mass is 316 g/mol. The Morgan fingerprint density at radius 1 is 0.955 bits per heavy atom. The third-order valence-corrected chi connectivity index (χ3v) is 10.2. The number of fused-ring (bicyclic) bond motifs is 4. The second kappa shape index (κ2) is 4.38. The summed E-state index contributed by atoms with van der Waals surface area (Å²) in [6, 6.07) is 0. The molecule has 0 bridgehead atoms. The molecule has 0 N–H and O–H groups in total. The average molecular weight is 317 g/mol. The van der Waals surface area contributed by atoms with E-state index in [1.54, 1.807) is 6.42 Å². The minimum Gasteiger partial charge on any atom is -0.153 e. The second-order valence-electron chi connectivity index (χ2n) is 10.1. The fraction of sp³-hybridized carbons (Fsp3) is 0.905. The normalized spacial score (nSPS) is 52.2. The zero-order valence-corrected chi connectivity index (χ0v) is 15.5. The van der Waals surface area contributed by atoms with Crippen molar-refractivity contribution in [1.82, 2.24) is 0 Å². The Balaban J connectivity index is 1.47. The van der Waals surface area contributed by atoms with E-state index in [2.05, 4.69) is 32.5 Å². The summed E-state index contributed by atoms with van der Waals surface area (Å²) < 4.78 is 0.769. The molecule has 0 amide bonds. The Labute approximate surface area is 140 Å². The van der Waals surface area contributed by atoms with Gasteiger partial charge in [0.25, 0.3) is 0 Å². The summed E-state index contributed by atoms with van der Waals surface area (Å²) in [5, 5.41) is 0. The molecular weight excluding hydrogens is 284 g/mol. The molecule has 0 aromatic carbocycles. The molecule has 2 saturated carbocycles. The summed E-state index contributed by atoms with van der Waals surface area (Å²) in [7, 11) is 0. The maximum absolute atomic E-state index is 2.71. The molecule has 1 saturated heterocycles. The minimum absolute atomic E-state index is 0.527. The molecule has 1 heteroatoms. The van der Waals surface area contributed by atoms with Crippen molar-refractivity contribution < 1.29 is 0 Å². The summed E-state index contributed by atoms with van der Waals surface area (Å²) in [6.07, 6.45) is 13.5. The van der Waals surface area contributed by atoms with E-state index in [-0.39, 0.29) is 0 Å². The van der Waals surface area contributed by atoms with Crippen molar-refractivity contribution >= 4 is 11.8 Å². The van der Waals surface area contributed by atoms with E-state index < -0.39 is 0 Å². The van der Waals surface area contributed by atoms with Gasteiger partial charge in [0, 0.05) is 10.5 Å². The molecule has 0 aromatic rings. The predicted molar refractivity (Wildman–Crippen MR) is 96.1 cm³/mol. The summed E-state index contributed by atoms with van der Waals surface area (Å²) in [5.74, 6) is 4.54. The van der Waals surface area contributed by atoms with Gasteiger partial charge in [-0.15, -0.1) is 0 Å². The highest BCUT2D eigenvalue weighted by Gasteiger charge is 2.59. The highest BCUT2D eigenvalue weighted by atomic mass is 32.2. The van der Waals surface area contributed by atoms with E-state index in [0.717, 1.165) is 22.5 Å². The lowest BCUT2D eigenvalue weighted by Gasteiger charge is -2.57. The van der Waals surface area contributed by atoms with Crippen LogP contribution in [0.25, 0.3) is 0 Å². The molecular formula is C21H32S. The third-order valence-electron chi connectivity index (χ3n) is 8.76. The van der Waals surface area contributed by atoms with Crippen LogP contribution in [0.3, 0.4) is 0 Å². The Kier molecular flexibility index (Phi) is 2.87. The first-order valence-corrected chi connectivity index (χ1v) is 10.8. The van der Waals surface area contributed by atoms with Crippen molar-refractivity contribution in [2.45, 2.75) is 83.3 Å². The first-order valence-electron chi connectivity index (χ1n) is 9.80. The Morgan fingerprint density at radius 3 is 2.55 bits per heavy atom. The van der Waals surface area contributed by atoms with E-state index in [9.17, 15) is 0 Å². The van der Waals surface area contributed by atoms with Crippen LogP contribution in [0.2, 0.25) is 0 Å². The van der Waals surface area contributed by atoms with Crippen LogP contribution in [0.5, 0.6) is 0 Å². The summed E-state index contributed by atoms with van der Waals surface area (Å²) >= 11 is 2.28. The van der Waals surface area contributed by atoms with E-state index in [1.165, 1.54) is 57.1 Å². The van der Waals surface area contributed by atoms with Crippen molar-refractivity contribution in [3.8, 4) is 0 Å². The van der Waals surface area contributed by atoms with Crippen LogP contribution in [0, 0.1) is 28.6 Å². The quantitative estimate of drug-likeness (QED) is 0.378. The van der Waals surface area contributed by atoms with Crippen LogP contribution < -0.4 is 0 Å². The topological polar surface area (TPSA) is 0 Å². The fourth-order valence-corrected chi connectivity index (χ4v) is 8.18. The minimum atomic E-state index is 0.527. The number of allylic oxidation sites excluding steroid dienone is 2. The standard InChI is InChI=1S/C21H32S/c1-19(2)9-8-16-15-5-4-14-12-21(13-22-21)11-10-20(14,3)18(15)7-6-17(16)19/h14-15,18H,4-13H2,1-3H3/t14-,15+,18+,20+,21+/m1/s1. The SMILES string of the molecule is CC1(C)CCC2=C1CC[C@H]1[C@H]2CC[C@@H]2C[C@@]3(CC[C@@]21C)CS3. The van der Waals surface area contributed by atoms with Crippen molar-refractivity contribution in [2.24, 2.45) is 28.6 Å². The number of rotatable bonds is 0. The van der Waals surface area contributed by atoms with E-state index in [4.69, 9.17) is 0 Å². The van der Waals surface area contributed by atoms with Gasteiger partial charge >= 0.3 is 0 Å². The average Bonchev–Trinajstić information content (AvgIpc) is 3.17. The fourth-order valence-electron chi connectivity index (χ4n) is 7.15. The maximum Gasteiger partial charge on any atom is 0.0254 e. The largest absolute Gasteiger partial charge is 0.153 e. The third kappa shape index (κ3) is 1.84. The zero-order valence-electron chi connectivity index (χ0n) is 14.7. The van der Waals surface area contributed by atoms with Crippen LogP contribution >= 0.6 is 11.8 Å². The molecule has 5 rings (SSSR count). The van der Waals surface area contributed by atoms with Crippen LogP contribution in [0.15, 0.2) is 11.1 Å². The van der Waals surface area contributed by atoms with Gasteiger partial charge in [-0.3, -0.25) is 0 Å². The molecule has 1 aliphatic heterocycles. The highest BCUT2D eigenvalue weighted by Crippen LogP contribution is 2.68. The molecule has 22 heavy (non-hydrogen) atoms. The van der Waals surface area contributed by atoms with Gasteiger partial charge in [-0.25, -0.2) is 0 Å². The first-order chi connectivity index (χ1) is 10.4. The zero-order chi connectivity index (χ0) is 15.2. The van der Waals surface area contributed by atoms with Crippen LogP contribution in [-0.2, 0) is 0 Å². The lowest BCUT2D eigenvalue weighted by atomic mass is 9.48. The van der Waals surface area contributed by atoms with E-state index in [0.29, 0.717) is 10.8 Å². The lowest BCUT2D eigenvalue weighted by molar-refractivity contribution is -0.0375. The second-order valence-corrected chi connectivity index (χ2v) is 11.5. The van der Waals surface area contributed by atoms with Gasteiger partial charge in [0.1, 0.15) is 0 Å². The number of hydrogen-bond donors (Lipinski definition) is 0. The van der Waals surface area contributed by atoms with Crippen molar-refractivity contribution in [2.75, 3.05) is 5.75 Å². The number of hydrogen-bond acceptors (Lipinski definition) is 1. The van der Waals surface area contributed by atoms with E-state index >= 15 is 0 Å². The summed E-state index contributed by atoms with van der Waals surface area (Å²) in [5.41, 5.74) is 5.07. The van der Waals surface area contributed by atoms with Gasteiger partial charge in [-0.1, -0.05) is 31.9 Å². The Hall–Kier alpha value is 0.0900. The van der Waals surface area contributed by atoms with E-state index in [1.807, 2.05) is 11.1 Å². The molecule has 122 valence electrons. The Morgan fingerprint density at radius 2 is 1.77 bits per heavy atom. The maximum atomic E-state index is 2.71. The van der Waals surface area contributed by atoms with Crippen molar-refractivity contribution in [1.29, 1.82) is 0 Å². The van der Waals surface area contributed by atoms with Crippen molar-refractivity contribution in [3.05, 3.63) is 11.1 Å². The lowest BCUT2D eigenvalue weighted by Crippen LogP contribution is -2.49. The first kappa shape index (κ1) is 14.4. The molecule has 0 unspecified atom stereocenters. The predicted octanol–water partition coefficient (Wildman–Crippen LogP) is 6.22. The van der Waals surface area contributed by atoms with Gasteiger partial charge < -0.3 is 0 Å². The molecule has 5 atom stereocenters. The van der Waals surface area contributed by atoms with Crippen LogP contribution in [-0.4, -0.2) is 10.5 Å². The smallest absolute Gasteiger partial charge is 0.0254 e. The summed E-state index contributed by atoms with van der Waals surface area (Å²) in [6.45, 7) is 7.73. The van der Waals surface area contributed by atoms with Crippen LogP contribution in [0.1, 0.15) is 78.6 Å². The molecule has 1 heterocycles. The molecule has 0 radical (unpaired) electrons. The van der Waals surface area contributed by atoms with Gasteiger partial charge in [0.05, 0.1) is 0 Å². The summed E-state index contributed by atoms with van der Waals surface area (Å²) in [4.78, 5) is 0. The molecule has 0 aromatic heterocycles. The molecule has 1 spiro atoms. The molecule has 0 nitrogen and oxygen atoms in total. The van der Waals surface area contributed by atoms with Crippen LogP contribution in [0.4, 0.5) is 0 Å². The Bertz CT molecular complexity index is 538.